The van der Waals surface area contributed by atoms with Crippen LogP contribution in [0.25, 0.3) is 0 Å². The third-order valence-electron chi connectivity index (χ3n) is 3.10. The molecule has 1 heterocycles. The summed E-state index contributed by atoms with van der Waals surface area (Å²) < 4.78 is 5.37. The van der Waals surface area contributed by atoms with Gasteiger partial charge in [0.15, 0.2) is 0 Å². The first-order chi connectivity index (χ1) is 8.19. The number of likely N-dealkylation sites (tertiary alicyclic amines) is 1. The van der Waals surface area contributed by atoms with Crippen LogP contribution < -0.4 is 5.73 Å². The van der Waals surface area contributed by atoms with Crippen LogP contribution in [0, 0.1) is 5.92 Å². The molecule has 5 nitrogen and oxygen atoms in total. The van der Waals surface area contributed by atoms with Gasteiger partial charge in [0.25, 0.3) is 0 Å². The predicted octanol–water partition coefficient (Wildman–Crippen LogP) is 1.90. The summed E-state index contributed by atoms with van der Waals surface area (Å²) in [4.78, 5) is 24.7. The van der Waals surface area contributed by atoms with Crippen molar-refractivity contribution in [1.29, 1.82) is 0 Å². The van der Waals surface area contributed by atoms with Gasteiger partial charge in [-0.05, 0) is 46.5 Å². The van der Waals surface area contributed by atoms with Crippen LogP contribution in [0.1, 0.15) is 47.0 Å². The van der Waals surface area contributed by atoms with E-state index in [0.29, 0.717) is 13.0 Å². The Kier molecular flexibility index (Phi) is 4.59. The Labute approximate surface area is 109 Å². The lowest BCUT2D eigenvalue weighted by Gasteiger charge is -2.38. The summed E-state index contributed by atoms with van der Waals surface area (Å²) in [6, 6.07) is 0.156. The highest BCUT2D eigenvalue weighted by Gasteiger charge is 2.32. The van der Waals surface area contributed by atoms with E-state index < -0.39 is 5.60 Å². The zero-order chi connectivity index (χ0) is 13.9. The van der Waals surface area contributed by atoms with E-state index in [1.165, 1.54) is 0 Å². The minimum absolute atomic E-state index is 0.156. The first-order valence-corrected chi connectivity index (χ1v) is 6.47. The van der Waals surface area contributed by atoms with E-state index in [-0.39, 0.29) is 24.0 Å². The molecular formula is C13H24N2O3. The Hall–Kier alpha value is -1.26. The van der Waals surface area contributed by atoms with Gasteiger partial charge >= 0.3 is 6.09 Å². The molecule has 0 spiro atoms. The first kappa shape index (κ1) is 14.8. The molecule has 0 bridgehead atoms. The molecule has 2 amide bonds. The van der Waals surface area contributed by atoms with Crippen LogP contribution in [-0.2, 0) is 9.53 Å². The van der Waals surface area contributed by atoms with Crippen LogP contribution in [0.4, 0.5) is 4.79 Å². The molecule has 1 aliphatic heterocycles. The van der Waals surface area contributed by atoms with E-state index in [1.54, 1.807) is 4.90 Å². The lowest BCUT2D eigenvalue weighted by atomic mass is 9.91. The standard InChI is InChI=1S/C13H24N2O3/c1-9-5-6-10(7-11(14)16)8-15(9)12(17)18-13(2,3)4/h9-10H,5-8H2,1-4H3,(H2,14,16). The van der Waals surface area contributed by atoms with Crippen molar-refractivity contribution in [3.05, 3.63) is 0 Å². The Morgan fingerprint density at radius 3 is 2.44 bits per heavy atom. The van der Waals surface area contributed by atoms with E-state index in [9.17, 15) is 9.59 Å². The van der Waals surface area contributed by atoms with Crippen molar-refractivity contribution >= 4 is 12.0 Å². The van der Waals surface area contributed by atoms with Gasteiger partial charge in [0.1, 0.15) is 5.60 Å². The highest BCUT2D eigenvalue weighted by atomic mass is 16.6. The molecule has 0 aromatic rings. The smallest absolute Gasteiger partial charge is 0.410 e. The van der Waals surface area contributed by atoms with Crippen LogP contribution in [0.3, 0.4) is 0 Å². The van der Waals surface area contributed by atoms with Gasteiger partial charge < -0.3 is 15.4 Å². The number of rotatable bonds is 2. The number of carbonyl (C=O) groups excluding carboxylic acids is 2. The topological polar surface area (TPSA) is 72.6 Å². The quantitative estimate of drug-likeness (QED) is 0.820. The summed E-state index contributed by atoms with van der Waals surface area (Å²) in [6.07, 6.45) is 1.86. The Bertz CT molecular complexity index is 323. The molecular weight excluding hydrogens is 232 g/mol. The fourth-order valence-electron chi connectivity index (χ4n) is 2.21. The van der Waals surface area contributed by atoms with Gasteiger partial charge in [-0.3, -0.25) is 4.79 Å². The molecule has 0 aromatic heterocycles. The van der Waals surface area contributed by atoms with Gasteiger partial charge in [0.05, 0.1) is 0 Å². The largest absolute Gasteiger partial charge is 0.444 e. The molecule has 0 radical (unpaired) electrons. The van der Waals surface area contributed by atoms with Crippen LogP contribution in [0.5, 0.6) is 0 Å². The third-order valence-corrected chi connectivity index (χ3v) is 3.10. The minimum atomic E-state index is -0.493. The predicted molar refractivity (Wildman–Crippen MR) is 68.9 cm³/mol. The first-order valence-electron chi connectivity index (χ1n) is 6.47. The minimum Gasteiger partial charge on any atom is -0.444 e. The van der Waals surface area contributed by atoms with Crippen molar-refractivity contribution in [1.82, 2.24) is 4.90 Å². The number of hydrogen-bond donors (Lipinski definition) is 1. The summed E-state index contributed by atoms with van der Waals surface area (Å²) in [6.45, 7) is 8.10. The van der Waals surface area contributed by atoms with Gasteiger partial charge in [0, 0.05) is 19.0 Å². The van der Waals surface area contributed by atoms with Gasteiger partial charge in [-0.25, -0.2) is 4.79 Å². The maximum Gasteiger partial charge on any atom is 0.410 e. The number of carbonyl (C=O) groups is 2. The van der Waals surface area contributed by atoms with E-state index in [4.69, 9.17) is 10.5 Å². The highest BCUT2D eigenvalue weighted by Crippen LogP contribution is 2.25. The van der Waals surface area contributed by atoms with Crippen molar-refractivity contribution in [2.24, 2.45) is 11.7 Å². The summed E-state index contributed by atoms with van der Waals surface area (Å²) in [5, 5.41) is 0. The van der Waals surface area contributed by atoms with Crippen LogP contribution in [0.2, 0.25) is 0 Å². The maximum atomic E-state index is 12.0. The Balaban J connectivity index is 2.61. The summed E-state index contributed by atoms with van der Waals surface area (Å²) in [7, 11) is 0. The lowest BCUT2D eigenvalue weighted by molar-refractivity contribution is -0.119. The Morgan fingerprint density at radius 1 is 1.33 bits per heavy atom. The second-order valence-electron chi connectivity index (χ2n) is 6.10. The molecule has 1 aliphatic rings. The van der Waals surface area contributed by atoms with E-state index in [1.807, 2.05) is 27.7 Å². The summed E-state index contributed by atoms with van der Waals surface area (Å²) in [5.74, 6) is -0.148. The molecule has 2 unspecified atom stereocenters. The molecule has 1 rings (SSSR count). The van der Waals surface area contributed by atoms with Crippen LogP contribution in [-0.4, -0.2) is 35.1 Å². The fraction of sp³-hybridized carbons (Fsp3) is 0.846. The average molecular weight is 256 g/mol. The number of primary amides is 1. The maximum absolute atomic E-state index is 12.0. The number of ether oxygens (including phenoxy) is 1. The molecule has 1 saturated heterocycles. The molecule has 0 saturated carbocycles. The van der Waals surface area contributed by atoms with Crippen molar-refractivity contribution in [2.45, 2.75) is 58.6 Å². The van der Waals surface area contributed by atoms with Crippen molar-refractivity contribution < 1.29 is 14.3 Å². The Morgan fingerprint density at radius 2 is 1.94 bits per heavy atom. The average Bonchev–Trinajstić information content (AvgIpc) is 2.17. The summed E-state index contributed by atoms with van der Waals surface area (Å²) in [5.41, 5.74) is 4.71. The number of piperidine rings is 1. The number of amides is 2. The molecule has 1 fully saturated rings. The third kappa shape index (κ3) is 4.55. The summed E-state index contributed by atoms with van der Waals surface area (Å²) >= 11 is 0. The SMILES string of the molecule is CC1CCC(CC(N)=O)CN1C(=O)OC(C)(C)C. The molecule has 0 aliphatic carbocycles. The van der Waals surface area contributed by atoms with Crippen LogP contribution >= 0.6 is 0 Å². The number of nitrogens with zero attached hydrogens (tertiary/aromatic N) is 1. The molecule has 5 heteroatoms. The zero-order valence-electron chi connectivity index (χ0n) is 11.7. The van der Waals surface area contributed by atoms with Crippen molar-refractivity contribution in [3.63, 3.8) is 0 Å². The fourth-order valence-corrected chi connectivity index (χ4v) is 2.21. The van der Waals surface area contributed by atoms with Crippen LogP contribution in [0.15, 0.2) is 0 Å². The zero-order valence-corrected chi connectivity index (χ0v) is 11.7. The lowest BCUT2D eigenvalue weighted by Crippen LogP contribution is -2.48. The molecule has 0 aromatic carbocycles. The number of nitrogens with two attached hydrogens (primary N) is 1. The van der Waals surface area contributed by atoms with Crippen molar-refractivity contribution in [3.8, 4) is 0 Å². The van der Waals surface area contributed by atoms with Gasteiger partial charge in [0.2, 0.25) is 5.91 Å². The molecule has 2 N–H and O–H groups in total. The van der Waals surface area contributed by atoms with E-state index in [2.05, 4.69) is 0 Å². The molecule has 18 heavy (non-hydrogen) atoms. The van der Waals surface area contributed by atoms with E-state index in [0.717, 1.165) is 12.8 Å². The van der Waals surface area contributed by atoms with Gasteiger partial charge in [-0.2, -0.15) is 0 Å². The highest BCUT2D eigenvalue weighted by molar-refractivity contribution is 5.74. The second-order valence-corrected chi connectivity index (χ2v) is 6.10. The van der Waals surface area contributed by atoms with Gasteiger partial charge in [-0.15, -0.1) is 0 Å². The monoisotopic (exact) mass is 256 g/mol. The number of hydrogen-bond acceptors (Lipinski definition) is 3. The molecule has 2 atom stereocenters. The normalized spacial score (nSPS) is 24.8. The van der Waals surface area contributed by atoms with Crippen molar-refractivity contribution in [2.75, 3.05) is 6.54 Å². The molecule has 104 valence electrons. The van der Waals surface area contributed by atoms with Gasteiger partial charge in [-0.1, -0.05) is 0 Å². The van der Waals surface area contributed by atoms with E-state index >= 15 is 0 Å². The second kappa shape index (κ2) is 5.59.